The molecule has 4 rings (SSSR count). The van der Waals surface area contributed by atoms with E-state index in [4.69, 9.17) is 11.6 Å². The summed E-state index contributed by atoms with van der Waals surface area (Å²) in [5.74, 6) is 1.57. The van der Waals surface area contributed by atoms with Crippen LogP contribution >= 0.6 is 11.6 Å². The Hall–Kier alpha value is -2.40. The first kappa shape index (κ1) is 19.9. The second kappa shape index (κ2) is 7.79. The molecule has 1 saturated carbocycles. The third kappa shape index (κ3) is 3.88. The average molecular weight is 410 g/mol. The maximum atomic E-state index is 6.39. The fourth-order valence-electron chi connectivity index (χ4n) is 4.46. The Labute approximate surface area is 177 Å². The van der Waals surface area contributed by atoms with Crippen LogP contribution in [0.15, 0.2) is 36.4 Å². The zero-order valence-electron chi connectivity index (χ0n) is 17.5. The third-order valence-corrected chi connectivity index (χ3v) is 6.51. The summed E-state index contributed by atoms with van der Waals surface area (Å²) >= 11 is 6.39. The number of halogens is 1. The fourth-order valence-corrected chi connectivity index (χ4v) is 4.63. The molecule has 1 aliphatic rings. The number of nitrogens with one attached hydrogen (secondary N) is 1. The van der Waals surface area contributed by atoms with Gasteiger partial charge in [-0.15, -0.1) is 5.10 Å². The van der Waals surface area contributed by atoms with Crippen molar-refractivity contribution in [2.24, 2.45) is 5.92 Å². The lowest BCUT2D eigenvalue weighted by Crippen LogP contribution is -2.41. The van der Waals surface area contributed by atoms with Gasteiger partial charge in [0.25, 0.3) is 0 Å². The van der Waals surface area contributed by atoms with Gasteiger partial charge in [-0.1, -0.05) is 30.7 Å². The van der Waals surface area contributed by atoms with Crippen LogP contribution in [-0.2, 0) is 5.54 Å². The molecule has 0 bridgehead atoms. The highest BCUT2D eigenvalue weighted by Gasteiger charge is 2.41. The monoisotopic (exact) mass is 409 g/mol. The van der Waals surface area contributed by atoms with Gasteiger partial charge in [0.2, 0.25) is 0 Å². The standard InChI is InChI=1S/C23H28ClN5/c1-15-8-10-23(11-9-15,25-19-13-16(2)12-17(3)14-19)22-26-27-28-29(22)21-7-5-6-20(24)18(21)4/h5-7,12-15,25H,8-11H2,1-4H3. The highest BCUT2D eigenvalue weighted by Crippen LogP contribution is 2.42. The Bertz CT molecular complexity index is 998. The Morgan fingerprint density at radius 3 is 2.45 bits per heavy atom. The number of nitrogens with zero attached hydrogens (tertiary/aromatic N) is 4. The molecule has 1 N–H and O–H groups in total. The van der Waals surface area contributed by atoms with E-state index in [1.54, 1.807) is 0 Å². The number of hydrogen-bond acceptors (Lipinski definition) is 4. The van der Waals surface area contributed by atoms with Crippen molar-refractivity contribution in [3.8, 4) is 5.69 Å². The summed E-state index contributed by atoms with van der Waals surface area (Å²) in [5.41, 5.74) is 5.21. The molecule has 0 unspecified atom stereocenters. The SMILES string of the molecule is Cc1cc(C)cc(NC2(c3nnnn3-c3cccc(Cl)c3C)CCC(C)CC2)c1. The Morgan fingerprint density at radius 1 is 1.07 bits per heavy atom. The summed E-state index contributed by atoms with van der Waals surface area (Å²) in [5, 5.41) is 17.5. The van der Waals surface area contributed by atoms with Crippen LogP contribution < -0.4 is 5.32 Å². The molecule has 5 nitrogen and oxygen atoms in total. The molecule has 0 aliphatic heterocycles. The van der Waals surface area contributed by atoms with Gasteiger partial charge in [0, 0.05) is 10.7 Å². The van der Waals surface area contributed by atoms with Gasteiger partial charge in [-0.05, 0) is 104 Å². The van der Waals surface area contributed by atoms with Gasteiger partial charge < -0.3 is 5.32 Å². The molecular weight excluding hydrogens is 382 g/mol. The minimum absolute atomic E-state index is 0.314. The third-order valence-electron chi connectivity index (χ3n) is 6.10. The summed E-state index contributed by atoms with van der Waals surface area (Å²) in [6, 6.07) is 12.5. The van der Waals surface area contributed by atoms with E-state index in [1.807, 2.05) is 29.8 Å². The Morgan fingerprint density at radius 2 is 1.76 bits per heavy atom. The molecule has 1 heterocycles. The molecule has 0 saturated heterocycles. The highest BCUT2D eigenvalue weighted by molar-refractivity contribution is 6.31. The zero-order chi connectivity index (χ0) is 20.6. The van der Waals surface area contributed by atoms with Crippen LogP contribution in [0.1, 0.15) is 55.1 Å². The summed E-state index contributed by atoms with van der Waals surface area (Å²) in [6.45, 7) is 8.60. The van der Waals surface area contributed by atoms with Crippen LogP contribution in [0.4, 0.5) is 5.69 Å². The van der Waals surface area contributed by atoms with Gasteiger partial charge >= 0.3 is 0 Å². The van der Waals surface area contributed by atoms with Crippen molar-refractivity contribution in [3.63, 3.8) is 0 Å². The number of aryl methyl sites for hydroxylation is 2. The van der Waals surface area contributed by atoms with Crippen LogP contribution in [-0.4, -0.2) is 20.2 Å². The first-order chi connectivity index (χ1) is 13.9. The maximum Gasteiger partial charge on any atom is 0.181 e. The lowest BCUT2D eigenvalue weighted by atomic mass is 9.76. The molecule has 6 heteroatoms. The largest absolute Gasteiger partial charge is 0.373 e. The fraction of sp³-hybridized carbons (Fsp3) is 0.435. The normalized spacial score (nSPS) is 21.9. The minimum Gasteiger partial charge on any atom is -0.373 e. The van der Waals surface area contributed by atoms with Crippen molar-refractivity contribution < 1.29 is 0 Å². The lowest BCUT2D eigenvalue weighted by molar-refractivity contribution is 0.255. The van der Waals surface area contributed by atoms with Gasteiger partial charge in [-0.3, -0.25) is 0 Å². The summed E-state index contributed by atoms with van der Waals surface area (Å²) in [4.78, 5) is 0. The van der Waals surface area contributed by atoms with Crippen molar-refractivity contribution in [1.29, 1.82) is 0 Å². The molecule has 2 aromatic carbocycles. The van der Waals surface area contributed by atoms with Crippen LogP contribution in [0.5, 0.6) is 0 Å². The zero-order valence-corrected chi connectivity index (χ0v) is 18.3. The molecule has 3 aromatic rings. The van der Waals surface area contributed by atoms with E-state index in [0.29, 0.717) is 5.92 Å². The molecule has 0 atom stereocenters. The van der Waals surface area contributed by atoms with E-state index in [-0.39, 0.29) is 5.54 Å². The van der Waals surface area contributed by atoms with E-state index in [1.165, 1.54) is 11.1 Å². The molecule has 29 heavy (non-hydrogen) atoms. The number of anilines is 1. The first-order valence-corrected chi connectivity index (χ1v) is 10.7. The summed E-state index contributed by atoms with van der Waals surface area (Å²) in [6.07, 6.45) is 4.25. The Kier molecular flexibility index (Phi) is 5.34. The Balaban J connectivity index is 1.81. The quantitative estimate of drug-likeness (QED) is 0.595. The van der Waals surface area contributed by atoms with Crippen molar-refractivity contribution in [1.82, 2.24) is 20.2 Å². The topological polar surface area (TPSA) is 55.6 Å². The number of benzene rings is 2. The smallest absolute Gasteiger partial charge is 0.181 e. The van der Waals surface area contributed by atoms with Gasteiger partial charge in [0.15, 0.2) is 5.82 Å². The van der Waals surface area contributed by atoms with Crippen LogP contribution in [0, 0.1) is 26.7 Å². The van der Waals surface area contributed by atoms with E-state index in [9.17, 15) is 0 Å². The summed E-state index contributed by atoms with van der Waals surface area (Å²) in [7, 11) is 0. The molecule has 0 amide bonds. The van der Waals surface area contributed by atoms with Crippen molar-refractivity contribution in [2.75, 3.05) is 5.32 Å². The summed E-state index contributed by atoms with van der Waals surface area (Å²) < 4.78 is 1.87. The van der Waals surface area contributed by atoms with Crippen molar-refractivity contribution in [2.45, 2.75) is 58.9 Å². The molecule has 1 aliphatic carbocycles. The van der Waals surface area contributed by atoms with Crippen LogP contribution in [0.25, 0.3) is 5.69 Å². The first-order valence-electron chi connectivity index (χ1n) is 10.3. The van der Waals surface area contributed by atoms with Crippen molar-refractivity contribution >= 4 is 17.3 Å². The van der Waals surface area contributed by atoms with E-state index in [2.05, 4.69) is 59.8 Å². The molecule has 152 valence electrons. The number of hydrogen-bond donors (Lipinski definition) is 1. The molecule has 1 fully saturated rings. The van der Waals surface area contributed by atoms with Gasteiger partial charge in [-0.2, -0.15) is 4.68 Å². The molecule has 0 radical (unpaired) electrons. The lowest BCUT2D eigenvalue weighted by Gasteiger charge is -2.40. The predicted molar refractivity (Wildman–Crippen MR) is 118 cm³/mol. The van der Waals surface area contributed by atoms with Crippen LogP contribution in [0.2, 0.25) is 5.02 Å². The van der Waals surface area contributed by atoms with E-state index >= 15 is 0 Å². The number of aromatic nitrogens is 4. The second-order valence-electron chi connectivity index (χ2n) is 8.56. The second-order valence-corrected chi connectivity index (χ2v) is 8.97. The average Bonchev–Trinajstić information content (AvgIpc) is 3.15. The van der Waals surface area contributed by atoms with Gasteiger partial charge in [-0.25, -0.2) is 0 Å². The predicted octanol–water partition coefficient (Wildman–Crippen LogP) is 5.76. The van der Waals surface area contributed by atoms with E-state index in [0.717, 1.165) is 53.5 Å². The van der Waals surface area contributed by atoms with E-state index < -0.39 is 0 Å². The number of tetrazole rings is 1. The van der Waals surface area contributed by atoms with Gasteiger partial charge in [0.05, 0.1) is 11.2 Å². The van der Waals surface area contributed by atoms with Gasteiger partial charge in [0.1, 0.15) is 0 Å². The van der Waals surface area contributed by atoms with Crippen LogP contribution in [0.3, 0.4) is 0 Å². The number of rotatable bonds is 4. The molecule has 0 spiro atoms. The molecular formula is C23H28ClN5. The van der Waals surface area contributed by atoms with Crippen molar-refractivity contribution in [3.05, 3.63) is 63.9 Å². The highest BCUT2D eigenvalue weighted by atomic mass is 35.5. The minimum atomic E-state index is -0.314. The maximum absolute atomic E-state index is 6.39. The molecule has 1 aromatic heterocycles.